The number of benzene rings is 1. The molecule has 11 nitrogen and oxygen atoms in total. The van der Waals surface area contributed by atoms with Crippen LogP contribution in [0.4, 0.5) is 15.8 Å². The van der Waals surface area contributed by atoms with Crippen LogP contribution < -0.4 is 27.5 Å². The zero-order valence-corrected chi connectivity index (χ0v) is 23.9. The minimum Gasteiger partial charge on any atom is -0.399 e. The number of alkyl halides is 1. The predicted molar refractivity (Wildman–Crippen MR) is 160 cm³/mol. The van der Waals surface area contributed by atoms with Crippen LogP contribution in [0.15, 0.2) is 71.8 Å². The number of hydrogen-bond donors (Lipinski definition) is 3. The highest BCUT2D eigenvalue weighted by Gasteiger charge is 2.24. The maximum absolute atomic E-state index is 13.7. The van der Waals surface area contributed by atoms with Gasteiger partial charge in [-0.2, -0.15) is 5.10 Å². The molecule has 5 N–H and O–H groups in total. The summed E-state index contributed by atoms with van der Waals surface area (Å²) in [5.74, 6) is 5.80. The number of nitrogens with two attached hydrogens (primary N) is 2. The van der Waals surface area contributed by atoms with Gasteiger partial charge in [0.05, 0.1) is 52.7 Å². The zero-order valence-electron chi connectivity index (χ0n) is 23.2. The topological polar surface area (TPSA) is 150 Å². The summed E-state index contributed by atoms with van der Waals surface area (Å²) in [4.78, 5) is 35.8. The van der Waals surface area contributed by atoms with E-state index in [0.717, 1.165) is 11.3 Å². The molecule has 2 bridgehead atoms. The smallest absolute Gasteiger partial charge is 0.254 e. The van der Waals surface area contributed by atoms with Crippen molar-refractivity contribution in [3.63, 3.8) is 0 Å². The Hall–Kier alpha value is -4.55. The summed E-state index contributed by atoms with van der Waals surface area (Å²) in [6.45, 7) is 1.01. The second-order valence-corrected chi connectivity index (χ2v) is 10.7. The summed E-state index contributed by atoms with van der Waals surface area (Å²) in [6, 6.07) is 9.60. The molecule has 1 aliphatic heterocycles. The molecule has 0 saturated carbocycles. The van der Waals surface area contributed by atoms with Gasteiger partial charge in [-0.1, -0.05) is 24.9 Å². The van der Waals surface area contributed by atoms with Crippen molar-refractivity contribution in [3.8, 4) is 22.5 Å². The third-order valence-corrected chi connectivity index (χ3v) is 7.53. The molecule has 5 rings (SSSR count). The van der Waals surface area contributed by atoms with Crippen molar-refractivity contribution in [3.05, 3.63) is 88.1 Å². The second kappa shape index (κ2) is 12.1. The van der Waals surface area contributed by atoms with Gasteiger partial charge >= 0.3 is 0 Å². The number of fused-ring (bicyclic) bond motifs is 4. The lowest BCUT2D eigenvalue weighted by molar-refractivity contribution is -0.119. The number of aromatic nitrogens is 5. The van der Waals surface area contributed by atoms with E-state index in [1.807, 2.05) is 19.1 Å². The standard InChI is InChI=1S/C29H31ClFN9O2/c1-17-4-3-5-26(23-10-18(8-9-34-23)28-24(37-29(17)42)14-36-38(28)2)39-16-35-22(12-27(39)41)21-11-19(30)6-7-25(21)40(33)15-20(32)13-31/h6-12,14-17,26H,3-5,13,32-33H2,1-2H3,(H,37,42)/b20-15-. The molecular weight excluding hydrogens is 561 g/mol. The highest BCUT2D eigenvalue weighted by molar-refractivity contribution is 6.31. The number of pyridine rings is 1. The van der Waals surface area contributed by atoms with Crippen LogP contribution in [-0.2, 0) is 11.8 Å². The molecule has 2 unspecified atom stereocenters. The number of allylic oxidation sites excluding steroid dienone is 1. The number of nitrogens with one attached hydrogen (secondary N) is 1. The molecule has 0 spiro atoms. The predicted octanol–water partition coefficient (Wildman–Crippen LogP) is 4.16. The van der Waals surface area contributed by atoms with Crippen molar-refractivity contribution in [2.45, 2.75) is 32.2 Å². The first kappa shape index (κ1) is 29.0. The summed E-state index contributed by atoms with van der Waals surface area (Å²) >= 11 is 6.27. The molecule has 0 fully saturated rings. The third-order valence-electron chi connectivity index (χ3n) is 7.30. The van der Waals surface area contributed by atoms with E-state index in [1.54, 1.807) is 46.9 Å². The van der Waals surface area contributed by atoms with E-state index < -0.39 is 12.7 Å². The molecule has 4 heterocycles. The van der Waals surface area contributed by atoms with Crippen molar-refractivity contribution in [2.24, 2.45) is 24.5 Å². The summed E-state index contributed by atoms with van der Waals surface area (Å²) < 4.78 is 16.2. The van der Waals surface area contributed by atoms with Gasteiger partial charge in [-0.05, 0) is 43.2 Å². The first-order valence-corrected chi connectivity index (χ1v) is 13.8. The van der Waals surface area contributed by atoms with Crippen LogP contribution in [0.1, 0.15) is 37.9 Å². The number of aryl methyl sites for hydroxylation is 1. The lowest BCUT2D eigenvalue weighted by Gasteiger charge is -2.23. The van der Waals surface area contributed by atoms with Crippen LogP contribution in [0.5, 0.6) is 0 Å². The first-order chi connectivity index (χ1) is 20.2. The quantitative estimate of drug-likeness (QED) is 0.231. The third kappa shape index (κ3) is 5.90. The van der Waals surface area contributed by atoms with E-state index >= 15 is 0 Å². The lowest BCUT2D eigenvalue weighted by Crippen LogP contribution is -2.28. The van der Waals surface area contributed by atoms with Crippen molar-refractivity contribution < 1.29 is 9.18 Å². The van der Waals surface area contributed by atoms with Gasteiger partial charge in [-0.3, -0.25) is 28.8 Å². The highest BCUT2D eigenvalue weighted by Crippen LogP contribution is 2.34. The summed E-state index contributed by atoms with van der Waals surface area (Å²) in [6.07, 6.45) is 7.89. The minimum atomic E-state index is -0.868. The van der Waals surface area contributed by atoms with Gasteiger partial charge in [-0.25, -0.2) is 15.2 Å². The van der Waals surface area contributed by atoms with E-state index in [9.17, 15) is 14.0 Å². The van der Waals surface area contributed by atoms with Gasteiger partial charge in [0.25, 0.3) is 5.56 Å². The summed E-state index contributed by atoms with van der Waals surface area (Å²) in [5, 5.41) is 8.92. The van der Waals surface area contributed by atoms with Crippen molar-refractivity contribution >= 4 is 28.9 Å². The van der Waals surface area contributed by atoms with Gasteiger partial charge in [-0.15, -0.1) is 0 Å². The molecule has 13 heteroatoms. The molecule has 3 aromatic heterocycles. The fourth-order valence-electron chi connectivity index (χ4n) is 5.10. The number of halogens is 2. The highest BCUT2D eigenvalue weighted by atomic mass is 35.5. The van der Waals surface area contributed by atoms with Crippen LogP contribution in [0.2, 0.25) is 5.02 Å². The summed E-state index contributed by atoms with van der Waals surface area (Å²) in [7, 11) is 1.80. The van der Waals surface area contributed by atoms with Crippen LogP contribution in [-0.4, -0.2) is 36.9 Å². The lowest BCUT2D eigenvalue weighted by atomic mass is 9.97. The first-order valence-electron chi connectivity index (χ1n) is 13.4. The Bertz CT molecular complexity index is 1720. The van der Waals surface area contributed by atoms with Gasteiger partial charge in [0.1, 0.15) is 6.67 Å². The molecule has 1 aromatic carbocycles. The molecule has 2 atom stereocenters. The van der Waals surface area contributed by atoms with Crippen LogP contribution in [0, 0.1) is 5.92 Å². The number of carbonyl (C=O) groups is 1. The Morgan fingerprint density at radius 3 is 2.79 bits per heavy atom. The molecule has 0 aliphatic carbocycles. The van der Waals surface area contributed by atoms with Crippen molar-refractivity contribution in [1.29, 1.82) is 0 Å². The average Bonchev–Trinajstić information content (AvgIpc) is 3.34. The van der Waals surface area contributed by atoms with Crippen molar-refractivity contribution in [2.75, 3.05) is 17.0 Å². The van der Waals surface area contributed by atoms with Gasteiger partial charge in [0.2, 0.25) is 5.91 Å². The number of anilines is 2. The van der Waals surface area contributed by atoms with E-state index in [1.165, 1.54) is 23.6 Å². The largest absolute Gasteiger partial charge is 0.399 e. The van der Waals surface area contributed by atoms with Crippen molar-refractivity contribution in [1.82, 2.24) is 24.3 Å². The Labute approximate surface area is 246 Å². The molecular formula is C29H31ClFN9O2. The number of hydrogen-bond acceptors (Lipinski definition) is 8. The number of nitrogens with zero attached hydrogens (tertiary/aromatic N) is 6. The van der Waals surface area contributed by atoms with E-state index in [0.29, 0.717) is 52.6 Å². The van der Waals surface area contributed by atoms with E-state index in [4.69, 9.17) is 23.2 Å². The molecule has 1 aliphatic rings. The summed E-state index contributed by atoms with van der Waals surface area (Å²) in [5.41, 5.74) is 9.31. The maximum atomic E-state index is 13.7. The number of rotatable bonds is 5. The Morgan fingerprint density at radius 2 is 2.02 bits per heavy atom. The average molecular weight is 592 g/mol. The zero-order chi connectivity index (χ0) is 30.0. The van der Waals surface area contributed by atoms with Gasteiger partial charge in [0, 0.05) is 47.6 Å². The van der Waals surface area contributed by atoms with Crippen LogP contribution in [0.3, 0.4) is 0 Å². The molecule has 1 amide bonds. The van der Waals surface area contributed by atoms with E-state index in [2.05, 4.69) is 20.4 Å². The number of carbonyl (C=O) groups excluding carboxylic acids is 1. The van der Waals surface area contributed by atoms with Crippen LogP contribution in [0.25, 0.3) is 22.5 Å². The normalized spacial score (nSPS) is 17.5. The molecule has 0 saturated heterocycles. The van der Waals surface area contributed by atoms with Gasteiger partial charge < -0.3 is 11.1 Å². The van der Waals surface area contributed by atoms with Crippen LogP contribution >= 0.6 is 11.6 Å². The molecule has 0 radical (unpaired) electrons. The van der Waals surface area contributed by atoms with Gasteiger partial charge in [0.15, 0.2) is 0 Å². The van der Waals surface area contributed by atoms with E-state index in [-0.39, 0.29) is 23.1 Å². The SMILES string of the molecule is CC1CCCC(n2cnc(-c3cc(Cl)ccc3N(N)/C=C(\N)CF)cc2=O)c2cc(ccn2)-c2c(cnn2C)NC1=O. The molecule has 4 aromatic rings. The fourth-order valence-corrected chi connectivity index (χ4v) is 5.27. The Balaban J connectivity index is 1.58. The molecule has 42 heavy (non-hydrogen) atoms. The molecule has 218 valence electrons. The monoisotopic (exact) mass is 591 g/mol. The number of amides is 1. The Kier molecular flexibility index (Phi) is 8.36. The fraction of sp³-hybridized carbons (Fsp3) is 0.276. The Morgan fingerprint density at radius 1 is 1.21 bits per heavy atom. The minimum absolute atomic E-state index is 0.0657. The maximum Gasteiger partial charge on any atom is 0.254 e. The second-order valence-electron chi connectivity index (χ2n) is 10.3. The number of hydrazine groups is 1.